The van der Waals surface area contributed by atoms with Crippen molar-refractivity contribution in [2.75, 3.05) is 14.2 Å². The number of rotatable bonds is 11. The normalized spacial score (nSPS) is 12.4. The van der Waals surface area contributed by atoms with Crippen molar-refractivity contribution in [2.24, 2.45) is 0 Å². The van der Waals surface area contributed by atoms with Crippen molar-refractivity contribution in [1.29, 1.82) is 0 Å². The molecule has 2 atom stereocenters. The van der Waals surface area contributed by atoms with E-state index in [1.165, 1.54) is 16.0 Å². The highest BCUT2D eigenvalue weighted by Gasteiger charge is 2.24. The lowest BCUT2D eigenvalue weighted by atomic mass is 9.82. The largest absolute Gasteiger partial charge is 0.493 e. The predicted molar refractivity (Wildman–Crippen MR) is 164 cm³/mol. The quantitative estimate of drug-likeness (QED) is 0.183. The fourth-order valence-corrected chi connectivity index (χ4v) is 6.70. The molecule has 0 saturated heterocycles. The molecule has 6 heteroatoms. The second-order valence-electron chi connectivity index (χ2n) is 9.82. The highest BCUT2D eigenvalue weighted by atomic mass is 35.5. The van der Waals surface area contributed by atoms with Gasteiger partial charge >= 0.3 is 5.97 Å². The van der Waals surface area contributed by atoms with Crippen molar-refractivity contribution in [3.05, 3.63) is 104 Å². The van der Waals surface area contributed by atoms with Gasteiger partial charge in [0, 0.05) is 20.3 Å². The van der Waals surface area contributed by atoms with Gasteiger partial charge in [0.15, 0.2) is 11.5 Å². The molecule has 0 saturated carbocycles. The van der Waals surface area contributed by atoms with Crippen LogP contribution in [0.2, 0.25) is 5.02 Å². The van der Waals surface area contributed by atoms with E-state index in [4.69, 9.17) is 32.6 Å². The van der Waals surface area contributed by atoms with E-state index < -0.39 is 11.9 Å². The number of terminal acetylenes is 1. The number of thiophene rings is 1. The maximum absolute atomic E-state index is 11.0. The minimum atomic E-state index is -0.773. The molecule has 4 rings (SSSR count). The van der Waals surface area contributed by atoms with Gasteiger partial charge in [-0.2, -0.15) is 0 Å². The molecule has 2 unspecified atom stereocenters. The number of hydrogen-bond acceptors (Lipinski definition) is 4. The summed E-state index contributed by atoms with van der Waals surface area (Å²) in [6.45, 7) is 4.33. The van der Waals surface area contributed by atoms with Crippen LogP contribution in [0.3, 0.4) is 0 Å². The molecule has 0 bridgehead atoms. The number of halogens is 1. The van der Waals surface area contributed by atoms with Crippen LogP contribution in [0.4, 0.5) is 0 Å². The first-order valence-corrected chi connectivity index (χ1v) is 14.3. The van der Waals surface area contributed by atoms with E-state index in [0.29, 0.717) is 22.9 Å². The maximum atomic E-state index is 11.0. The Bertz CT molecular complexity index is 1550. The summed E-state index contributed by atoms with van der Waals surface area (Å²) in [4.78, 5) is 13.4. The van der Waals surface area contributed by atoms with E-state index >= 15 is 0 Å². The van der Waals surface area contributed by atoms with Gasteiger partial charge in [0.2, 0.25) is 0 Å². The third-order valence-corrected chi connectivity index (χ3v) is 8.72. The van der Waals surface area contributed by atoms with Gasteiger partial charge in [0.25, 0.3) is 0 Å². The molecule has 40 heavy (non-hydrogen) atoms. The van der Waals surface area contributed by atoms with Crippen LogP contribution >= 0.6 is 22.9 Å². The predicted octanol–water partition coefficient (Wildman–Crippen LogP) is 8.52. The highest BCUT2D eigenvalue weighted by molar-refractivity contribution is 7.12. The molecule has 0 aliphatic carbocycles. The average Bonchev–Trinajstić information content (AvgIpc) is 3.30. The minimum Gasteiger partial charge on any atom is -0.493 e. The molecule has 206 valence electrons. The molecular formula is C34H33ClO4S. The lowest BCUT2D eigenvalue weighted by molar-refractivity contribution is -0.136. The van der Waals surface area contributed by atoms with E-state index in [1.807, 2.05) is 42.5 Å². The van der Waals surface area contributed by atoms with Crippen LogP contribution in [0.5, 0.6) is 11.5 Å². The van der Waals surface area contributed by atoms with Crippen molar-refractivity contribution in [1.82, 2.24) is 0 Å². The van der Waals surface area contributed by atoms with E-state index in [9.17, 15) is 4.79 Å². The van der Waals surface area contributed by atoms with Gasteiger partial charge in [-0.1, -0.05) is 66.9 Å². The van der Waals surface area contributed by atoms with Gasteiger partial charge in [0.1, 0.15) is 0 Å². The number of para-hydroxylation sites is 1. The molecule has 4 nitrogen and oxygen atoms in total. The number of hydrogen-bond donors (Lipinski definition) is 1. The monoisotopic (exact) mass is 572 g/mol. The van der Waals surface area contributed by atoms with Gasteiger partial charge in [-0.15, -0.1) is 17.8 Å². The zero-order valence-corrected chi connectivity index (χ0v) is 24.7. The summed E-state index contributed by atoms with van der Waals surface area (Å²) in [5.74, 6) is 3.22. The summed E-state index contributed by atoms with van der Waals surface area (Å²) in [5.41, 5.74) is 6.29. The molecule has 1 aromatic heterocycles. The van der Waals surface area contributed by atoms with E-state index in [2.05, 4.69) is 44.0 Å². The van der Waals surface area contributed by atoms with Crippen LogP contribution < -0.4 is 9.47 Å². The Morgan fingerprint density at radius 1 is 1.00 bits per heavy atom. The van der Waals surface area contributed by atoms with Crippen molar-refractivity contribution in [3.8, 4) is 35.0 Å². The number of carbonyl (C=O) groups is 1. The first-order valence-electron chi connectivity index (χ1n) is 13.1. The summed E-state index contributed by atoms with van der Waals surface area (Å²) in [7, 11) is 3.23. The van der Waals surface area contributed by atoms with Crippen molar-refractivity contribution in [3.63, 3.8) is 0 Å². The number of benzene rings is 3. The van der Waals surface area contributed by atoms with E-state index in [-0.39, 0.29) is 12.3 Å². The second kappa shape index (κ2) is 13.1. The van der Waals surface area contributed by atoms with Crippen LogP contribution in [-0.2, 0) is 17.6 Å². The molecule has 0 aliphatic heterocycles. The number of methoxy groups -OCH3 is 2. The lowest BCUT2D eigenvalue weighted by Crippen LogP contribution is -2.06. The fraction of sp³-hybridized carbons (Fsp3) is 0.265. The van der Waals surface area contributed by atoms with Gasteiger partial charge in [-0.05, 0) is 77.8 Å². The van der Waals surface area contributed by atoms with Crippen LogP contribution in [0.15, 0.2) is 66.7 Å². The van der Waals surface area contributed by atoms with Crippen LogP contribution in [0.1, 0.15) is 57.2 Å². The highest BCUT2D eigenvalue weighted by Crippen LogP contribution is 2.43. The Hall–Kier alpha value is -3.72. The first kappa shape index (κ1) is 29.3. The van der Waals surface area contributed by atoms with Gasteiger partial charge in [-0.3, -0.25) is 4.79 Å². The molecule has 0 aliphatic rings. The standard InChI is InChI=1S/C34H33ClO4S/c1-6-25(29-12-9-13-31(38-4)34(29)39-5)30-20-23(35)14-16-28(30)27-11-8-7-10-26(27)21(2)19-32-22(3)18-24(40-32)15-17-33(36)37/h1,7-14,16,18,20-21,25H,15,17,19H2,2-5H3,(H,36,37). The first-order chi connectivity index (χ1) is 19.3. The SMILES string of the molecule is C#CC(c1cc(Cl)ccc1-c1ccccc1C(C)Cc1sc(CCC(=O)O)cc1C)c1cccc(OC)c1OC. The molecule has 0 amide bonds. The van der Waals surface area contributed by atoms with Gasteiger partial charge < -0.3 is 14.6 Å². The van der Waals surface area contributed by atoms with E-state index in [1.54, 1.807) is 25.6 Å². The summed E-state index contributed by atoms with van der Waals surface area (Å²) in [6.07, 6.45) is 7.74. The number of ether oxygens (including phenoxy) is 2. The number of carboxylic acid groups (broad SMARTS) is 1. The number of aryl methyl sites for hydroxylation is 2. The third-order valence-electron chi connectivity index (χ3n) is 7.17. The van der Waals surface area contributed by atoms with Gasteiger partial charge in [0.05, 0.1) is 26.6 Å². The molecule has 0 fully saturated rings. The molecule has 1 N–H and O–H groups in total. The second-order valence-corrected chi connectivity index (χ2v) is 11.5. The number of carboxylic acids is 1. The summed E-state index contributed by atoms with van der Waals surface area (Å²) in [5, 5.41) is 9.69. The minimum absolute atomic E-state index is 0.144. The summed E-state index contributed by atoms with van der Waals surface area (Å²) < 4.78 is 11.3. The molecular weight excluding hydrogens is 540 g/mol. The Kier molecular flexibility index (Phi) is 9.58. The van der Waals surface area contributed by atoms with Crippen molar-refractivity contribution < 1.29 is 19.4 Å². The molecule has 0 radical (unpaired) electrons. The maximum Gasteiger partial charge on any atom is 0.303 e. The van der Waals surface area contributed by atoms with Crippen molar-refractivity contribution in [2.45, 2.75) is 44.9 Å². The Morgan fingerprint density at radius 3 is 2.42 bits per heavy atom. The Balaban J connectivity index is 1.76. The topological polar surface area (TPSA) is 55.8 Å². The summed E-state index contributed by atoms with van der Waals surface area (Å²) in [6, 6.07) is 22.1. The number of aliphatic carboxylic acids is 1. The van der Waals surface area contributed by atoms with Crippen LogP contribution in [0, 0.1) is 19.3 Å². The zero-order chi connectivity index (χ0) is 28.8. The lowest BCUT2D eigenvalue weighted by Gasteiger charge is -2.23. The Labute approximate surface area is 245 Å². The summed E-state index contributed by atoms with van der Waals surface area (Å²) >= 11 is 8.25. The molecule has 3 aromatic carbocycles. The molecule has 0 spiro atoms. The van der Waals surface area contributed by atoms with Crippen LogP contribution in [-0.4, -0.2) is 25.3 Å². The molecule has 1 heterocycles. The van der Waals surface area contributed by atoms with E-state index in [0.717, 1.165) is 33.6 Å². The molecule has 4 aromatic rings. The fourth-order valence-electron chi connectivity index (χ4n) is 5.21. The smallest absolute Gasteiger partial charge is 0.303 e. The van der Waals surface area contributed by atoms with Gasteiger partial charge in [-0.25, -0.2) is 0 Å². The Morgan fingerprint density at radius 2 is 1.73 bits per heavy atom. The third kappa shape index (κ3) is 6.36. The zero-order valence-electron chi connectivity index (χ0n) is 23.2. The average molecular weight is 573 g/mol. The van der Waals surface area contributed by atoms with Crippen LogP contribution in [0.25, 0.3) is 11.1 Å². The van der Waals surface area contributed by atoms with Crippen molar-refractivity contribution >= 4 is 28.9 Å².